The average Bonchev–Trinajstić information content (AvgIpc) is 2.47. The van der Waals surface area contributed by atoms with Gasteiger partial charge in [0, 0.05) is 31.7 Å². The Bertz CT molecular complexity index is 209. The van der Waals surface area contributed by atoms with Crippen LogP contribution < -0.4 is 5.32 Å². The quantitative estimate of drug-likeness (QED) is 0.740. The van der Waals surface area contributed by atoms with Gasteiger partial charge in [0.2, 0.25) is 5.95 Å². The van der Waals surface area contributed by atoms with Crippen LogP contribution >= 0.6 is 11.8 Å². The number of nitrogens with one attached hydrogen (secondary N) is 1. The van der Waals surface area contributed by atoms with Gasteiger partial charge < -0.3 is 9.88 Å². The highest BCUT2D eigenvalue weighted by Gasteiger charge is 1.97. The summed E-state index contributed by atoms with van der Waals surface area (Å²) >= 11 is 1.84. The number of hydrogen-bond donors (Lipinski definition) is 1. The van der Waals surface area contributed by atoms with Crippen molar-refractivity contribution in [3.8, 4) is 0 Å². The number of aryl methyl sites for hydroxylation is 1. The smallest absolute Gasteiger partial charge is 0.202 e. The molecule has 1 rings (SSSR count). The largest absolute Gasteiger partial charge is 0.359 e. The molecule has 0 fully saturated rings. The molecule has 0 saturated heterocycles. The fourth-order valence-corrected chi connectivity index (χ4v) is 1.29. The molecule has 0 spiro atoms. The Morgan fingerprint density at radius 2 is 2.55 bits per heavy atom. The van der Waals surface area contributed by atoms with E-state index >= 15 is 0 Å². The molecule has 11 heavy (non-hydrogen) atoms. The summed E-state index contributed by atoms with van der Waals surface area (Å²) in [6, 6.07) is 0. The van der Waals surface area contributed by atoms with Gasteiger partial charge in [-0.25, -0.2) is 4.98 Å². The Kier molecular flexibility index (Phi) is 3.29. The van der Waals surface area contributed by atoms with E-state index in [0.29, 0.717) is 0 Å². The van der Waals surface area contributed by atoms with Gasteiger partial charge in [0.1, 0.15) is 0 Å². The molecule has 0 unspecified atom stereocenters. The predicted molar refractivity (Wildman–Crippen MR) is 50.2 cm³/mol. The number of imidazole rings is 1. The van der Waals surface area contributed by atoms with Crippen LogP contribution in [0.15, 0.2) is 12.4 Å². The highest BCUT2D eigenvalue weighted by Crippen LogP contribution is 2.04. The third-order valence-corrected chi connectivity index (χ3v) is 2.07. The summed E-state index contributed by atoms with van der Waals surface area (Å²) in [7, 11) is 1.89. The second-order valence-electron chi connectivity index (χ2n) is 2.19. The topological polar surface area (TPSA) is 29.9 Å². The van der Waals surface area contributed by atoms with Crippen LogP contribution in [-0.2, 0) is 6.54 Å². The molecule has 1 aromatic rings. The van der Waals surface area contributed by atoms with E-state index in [9.17, 15) is 0 Å². The molecule has 0 atom stereocenters. The van der Waals surface area contributed by atoms with E-state index in [1.54, 1.807) is 0 Å². The maximum absolute atomic E-state index is 4.13. The molecule has 1 aromatic heterocycles. The lowest BCUT2D eigenvalue weighted by atomic mass is 10.7. The Balaban J connectivity index is 2.54. The SMILES string of the molecule is CNc1nccn1CCSC. The van der Waals surface area contributed by atoms with Gasteiger partial charge in [-0.05, 0) is 6.26 Å². The highest BCUT2D eigenvalue weighted by atomic mass is 32.2. The van der Waals surface area contributed by atoms with E-state index in [4.69, 9.17) is 0 Å². The van der Waals surface area contributed by atoms with Crippen LogP contribution in [0.5, 0.6) is 0 Å². The molecule has 0 amide bonds. The second kappa shape index (κ2) is 4.28. The molecule has 0 saturated carbocycles. The van der Waals surface area contributed by atoms with Crippen molar-refractivity contribution in [2.24, 2.45) is 0 Å². The van der Waals surface area contributed by atoms with Crippen LogP contribution in [0, 0.1) is 0 Å². The Morgan fingerprint density at radius 1 is 1.73 bits per heavy atom. The van der Waals surface area contributed by atoms with Crippen molar-refractivity contribution >= 4 is 17.7 Å². The second-order valence-corrected chi connectivity index (χ2v) is 3.17. The lowest BCUT2D eigenvalue weighted by Gasteiger charge is -2.04. The predicted octanol–water partition coefficient (Wildman–Crippen LogP) is 1.29. The van der Waals surface area contributed by atoms with Crippen LogP contribution in [0.3, 0.4) is 0 Å². The van der Waals surface area contributed by atoms with E-state index in [-0.39, 0.29) is 0 Å². The van der Waals surface area contributed by atoms with Crippen LogP contribution in [0.1, 0.15) is 0 Å². The molecular formula is C7H13N3S. The Morgan fingerprint density at radius 3 is 3.18 bits per heavy atom. The van der Waals surface area contributed by atoms with E-state index < -0.39 is 0 Å². The summed E-state index contributed by atoms with van der Waals surface area (Å²) in [5.74, 6) is 2.07. The van der Waals surface area contributed by atoms with Gasteiger partial charge in [-0.2, -0.15) is 11.8 Å². The minimum Gasteiger partial charge on any atom is -0.359 e. The van der Waals surface area contributed by atoms with E-state index in [2.05, 4.69) is 21.1 Å². The van der Waals surface area contributed by atoms with Gasteiger partial charge in [-0.3, -0.25) is 0 Å². The first-order valence-corrected chi connectivity index (χ1v) is 4.95. The Labute approximate surface area is 71.2 Å². The van der Waals surface area contributed by atoms with Crippen molar-refractivity contribution in [1.82, 2.24) is 9.55 Å². The summed E-state index contributed by atoms with van der Waals surface area (Å²) < 4.78 is 2.11. The monoisotopic (exact) mass is 171 g/mol. The van der Waals surface area contributed by atoms with Gasteiger partial charge in [0.15, 0.2) is 0 Å². The lowest BCUT2D eigenvalue weighted by molar-refractivity contribution is 0.779. The van der Waals surface area contributed by atoms with Crippen LogP contribution in [-0.4, -0.2) is 28.6 Å². The molecule has 1 heterocycles. The fraction of sp³-hybridized carbons (Fsp3) is 0.571. The first kappa shape index (κ1) is 8.46. The zero-order chi connectivity index (χ0) is 8.10. The minimum atomic E-state index is 0.944. The number of nitrogens with zero attached hydrogens (tertiary/aromatic N) is 2. The van der Waals surface area contributed by atoms with Crippen molar-refractivity contribution in [2.75, 3.05) is 24.4 Å². The molecule has 0 aromatic carbocycles. The molecule has 0 bridgehead atoms. The zero-order valence-corrected chi connectivity index (χ0v) is 7.69. The summed E-state index contributed by atoms with van der Waals surface area (Å²) in [5.41, 5.74) is 0. The van der Waals surface area contributed by atoms with Gasteiger partial charge in [-0.15, -0.1) is 0 Å². The standard InChI is InChI=1S/C7H13N3S/c1-8-7-9-3-4-10(7)5-6-11-2/h3-4H,5-6H2,1-2H3,(H,8,9). The third-order valence-electron chi connectivity index (χ3n) is 1.48. The maximum atomic E-state index is 4.13. The normalized spacial score (nSPS) is 10.0. The molecule has 0 aliphatic heterocycles. The van der Waals surface area contributed by atoms with Crippen molar-refractivity contribution < 1.29 is 0 Å². The number of rotatable bonds is 4. The number of thioether (sulfide) groups is 1. The van der Waals surface area contributed by atoms with Gasteiger partial charge in [0.25, 0.3) is 0 Å². The van der Waals surface area contributed by atoms with Gasteiger partial charge in [0.05, 0.1) is 0 Å². The molecule has 62 valence electrons. The van der Waals surface area contributed by atoms with Crippen molar-refractivity contribution in [3.05, 3.63) is 12.4 Å². The zero-order valence-electron chi connectivity index (χ0n) is 6.87. The molecule has 3 nitrogen and oxygen atoms in total. The molecule has 0 radical (unpaired) electrons. The van der Waals surface area contributed by atoms with Crippen LogP contribution in [0.25, 0.3) is 0 Å². The fourth-order valence-electron chi connectivity index (χ4n) is 0.907. The van der Waals surface area contributed by atoms with E-state index in [1.807, 2.05) is 31.2 Å². The summed E-state index contributed by atoms with van der Waals surface area (Å²) in [5, 5.41) is 3.03. The highest BCUT2D eigenvalue weighted by molar-refractivity contribution is 7.98. The molecule has 0 aliphatic carbocycles. The van der Waals surface area contributed by atoms with Gasteiger partial charge >= 0.3 is 0 Å². The lowest BCUT2D eigenvalue weighted by Crippen LogP contribution is -2.04. The first-order valence-electron chi connectivity index (χ1n) is 3.56. The number of hydrogen-bond acceptors (Lipinski definition) is 3. The third kappa shape index (κ3) is 2.15. The molecule has 4 heteroatoms. The first-order chi connectivity index (χ1) is 5.38. The summed E-state index contributed by atoms with van der Waals surface area (Å²) in [6.45, 7) is 1.03. The van der Waals surface area contributed by atoms with Crippen LogP contribution in [0.4, 0.5) is 5.95 Å². The number of aromatic nitrogens is 2. The van der Waals surface area contributed by atoms with E-state index in [1.165, 1.54) is 0 Å². The Hall–Kier alpha value is -0.640. The molecule has 1 N–H and O–H groups in total. The van der Waals surface area contributed by atoms with Crippen molar-refractivity contribution in [1.29, 1.82) is 0 Å². The molecule has 0 aliphatic rings. The van der Waals surface area contributed by atoms with Gasteiger partial charge in [-0.1, -0.05) is 0 Å². The van der Waals surface area contributed by atoms with Crippen molar-refractivity contribution in [2.45, 2.75) is 6.54 Å². The van der Waals surface area contributed by atoms with Crippen molar-refractivity contribution in [3.63, 3.8) is 0 Å². The average molecular weight is 171 g/mol. The summed E-state index contributed by atoms with van der Waals surface area (Å²) in [4.78, 5) is 4.13. The van der Waals surface area contributed by atoms with E-state index in [0.717, 1.165) is 18.2 Å². The summed E-state index contributed by atoms with van der Waals surface area (Å²) in [6.07, 6.45) is 5.91. The van der Waals surface area contributed by atoms with Crippen LogP contribution in [0.2, 0.25) is 0 Å². The molecular weight excluding hydrogens is 158 g/mol. The minimum absolute atomic E-state index is 0.944. The number of anilines is 1. The maximum Gasteiger partial charge on any atom is 0.202 e.